The van der Waals surface area contributed by atoms with Crippen molar-refractivity contribution in [3.8, 4) is 11.1 Å². The minimum atomic E-state index is -4.35. The third kappa shape index (κ3) is 4.02. The smallest absolute Gasteiger partial charge is 0.355 e. The van der Waals surface area contributed by atoms with Gasteiger partial charge in [-0.05, 0) is 41.8 Å². The molecule has 0 radical (unpaired) electrons. The standard InChI is InChI=1S/C21H18F3N/c1-2-15-10-12-16(13-11-15)19-8-3-4-9-20(19)25-18-7-5-6-17(14-18)21(22,23)24/h3-14,25H,2H2,1H3. The Kier molecular flexibility index (Phi) is 4.79. The molecule has 0 aliphatic rings. The number of rotatable bonds is 4. The summed E-state index contributed by atoms with van der Waals surface area (Å²) in [4.78, 5) is 0. The molecule has 0 saturated heterocycles. The van der Waals surface area contributed by atoms with Crippen LogP contribution in [0.15, 0.2) is 72.8 Å². The van der Waals surface area contributed by atoms with Crippen LogP contribution in [0.3, 0.4) is 0 Å². The first-order valence-electron chi connectivity index (χ1n) is 8.10. The van der Waals surface area contributed by atoms with E-state index in [9.17, 15) is 13.2 Å². The van der Waals surface area contributed by atoms with E-state index in [0.29, 0.717) is 5.69 Å². The summed E-state index contributed by atoms with van der Waals surface area (Å²) >= 11 is 0. The van der Waals surface area contributed by atoms with Crippen molar-refractivity contribution in [2.45, 2.75) is 19.5 Å². The van der Waals surface area contributed by atoms with Crippen molar-refractivity contribution in [2.24, 2.45) is 0 Å². The number of alkyl halides is 3. The van der Waals surface area contributed by atoms with Gasteiger partial charge in [0.05, 0.1) is 5.56 Å². The van der Waals surface area contributed by atoms with Crippen LogP contribution in [-0.4, -0.2) is 0 Å². The predicted octanol–water partition coefficient (Wildman–Crippen LogP) is 6.68. The Balaban J connectivity index is 1.94. The van der Waals surface area contributed by atoms with Gasteiger partial charge in [-0.25, -0.2) is 0 Å². The van der Waals surface area contributed by atoms with Gasteiger partial charge in [-0.1, -0.05) is 55.5 Å². The SMILES string of the molecule is CCc1ccc(-c2ccccc2Nc2cccc(C(F)(F)F)c2)cc1. The molecule has 4 heteroatoms. The summed E-state index contributed by atoms with van der Waals surface area (Å²) in [6.45, 7) is 2.10. The Morgan fingerprint density at radius 1 is 0.840 bits per heavy atom. The van der Waals surface area contributed by atoms with Crippen LogP contribution in [-0.2, 0) is 12.6 Å². The Labute approximate surface area is 145 Å². The topological polar surface area (TPSA) is 12.0 Å². The zero-order valence-electron chi connectivity index (χ0n) is 13.8. The van der Waals surface area contributed by atoms with Crippen LogP contribution in [0.4, 0.5) is 24.5 Å². The molecule has 0 aromatic heterocycles. The molecule has 128 valence electrons. The number of anilines is 2. The highest BCUT2D eigenvalue weighted by molar-refractivity contribution is 5.81. The maximum atomic E-state index is 12.9. The molecule has 0 aliphatic carbocycles. The third-order valence-corrected chi connectivity index (χ3v) is 4.07. The summed E-state index contributed by atoms with van der Waals surface area (Å²) in [7, 11) is 0. The lowest BCUT2D eigenvalue weighted by molar-refractivity contribution is -0.137. The molecule has 0 spiro atoms. The van der Waals surface area contributed by atoms with Gasteiger partial charge in [0.1, 0.15) is 0 Å². The molecule has 1 N–H and O–H groups in total. The van der Waals surface area contributed by atoms with Crippen molar-refractivity contribution in [3.05, 3.63) is 83.9 Å². The van der Waals surface area contributed by atoms with E-state index in [2.05, 4.69) is 24.4 Å². The minimum absolute atomic E-state index is 0.410. The van der Waals surface area contributed by atoms with E-state index in [1.807, 2.05) is 36.4 Å². The van der Waals surface area contributed by atoms with Crippen LogP contribution in [0, 0.1) is 0 Å². The molecule has 0 aliphatic heterocycles. The average Bonchev–Trinajstić information content (AvgIpc) is 2.62. The van der Waals surface area contributed by atoms with Crippen molar-refractivity contribution in [2.75, 3.05) is 5.32 Å². The van der Waals surface area contributed by atoms with Gasteiger partial charge in [-0.15, -0.1) is 0 Å². The zero-order valence-corrected chi connectivity index (χ0v) is 13.8. The molecule has 0 heterocycles. The fraction of sp³-hybridized carbons (Fsp3) is 0.143. The molecule has 0 unspecified atom stereocenters. The second-order valence-corrected chi connectivity index (χ2v) is 5.80. The van der Waals surface area contributed by atoms with Crippen LogP contribution in [0.1, 0.15) is 18.1 Å². The predicted molar refractivity (Wildman–Crippen MR) is 96.0 cm³/mol. The van der Waals surface area contributed by atoms with Crippen LogP contribution < -0.4 is 5.32 Å². The number of para-hydroxylation sites is 1. The van der Waals surface area contributed by atoms with Gasteiger partial charge in [0.25, 0.3) is 0 Å². The first-order valence-corrected chi connectivity index (χ1v) is 8.10. The van der Waals surface area contributed by atoms with Gasteiger partial charge in [-0.3, -0.25) is 0 Å². The summed E-state index contributed by atoms with van der Waals surface area (Å²) in [6, 6.07) is 21.0. The molecular weight excluding hydrogens is 323 g/mol. The molecule has 0 fully saturated rings. The van der Waals surface area contributed by atoms with E-state index in [-0.39, 0.29) is 0 Å². The fourth-order valence-corrected chi connectivity index (χ4v) is 2.69. The minimum Gasteiger partial charge on any atom is -0.355 e. The van der Waals surface area contributed by atoms with Gasteiger partial charge in [-0.2, -0.15) is 13.2 Å². The summed E-state index contributed by atoms with van der Waals surface area (Å²) < 4.78 is 38.7. The lowest BCUT2D eigenvalue weighted by Gasteiger charge is -2.14. The van der Waals surface area contributed by atoms with E-state index in [1.165, 1.54) is 11.6 Å². The number of aryl methyl sites for hydroxylation is 1. The van der Waals surface area contributed by atoms with Crippen LogP contribution in [0.5, 0.6) is 0 Å². The van der Waals surface area contributed by atoms with E-state index >= 15 is 0 Å². The summed E-state index contributed by atoms with van der Waals surface area (Å²) in [6.07, 6.45) is -3.39. The largest absolute Gasteiger partial charge is 0.416 e. The molecule has 1 nitrogen and oxygen atoms in total. The highest BCUT2D eigenvalue weighted by Gasteiger charge is 2.30. The van der Waals surface area contributed by atoms with Crippen molar-refractivity contribution in [1.29, 1.82) is 0 Å². The van der Waals surface area contributed by atoms with Crippen LogP contribution in [0.25, 0.3) is 11.1 Å². The lowest BCUT2D eigenvalue weighted by atomic mass is 10.0. The van der Waals surface area contributed by atoms with Crippen molar-refractivity contribution in [1.82, 2.24) is 0 Å². The van der Waals surface area contributed by atoms with Gasteiger partial charge in [0, 0.05) is 16.9 Å². The number of hydrogen-bond donors (Lipinski definition) is 1. The molecule has 0 bridgehead atoms. The van der Waals surface area contributed by atoms with E-state index in [4.69, 9.17) is 0 Å². The number of nitrogens with one attached hydrogen (secondary N) is 1. The van der Waals surface area contributed by atoms with E-state index in [0.717, 1.165) is 35.4 Å². The number of benzene rings is 3. The molecular formula is C21H18F3N. The van der Waals surface area contributed by atoms with Crippen molar-refractivity contribution < 1.29 is 13.2 Å². The second-order valence-electron chi connectivity index (χ2n) is 5.80. The normalized spacial score (nSPS) is 11.4. The van der Waals surface area contributed by atoms with Crippen molar-refractivity contribution >= 4 is 11.4 Å². The Hall–Kier alpha value is -2.75. The Bertz CT molecular complexity index is 852. The first-order chi connectivity index (χ1) is 12.0. The average molecular weight is 341 g/mol. The molecule has 3 aromatic carbocycles. The zero-order chi connectivity index (χ0) is 17.9. The van der Waals surface area contributed by atoms with E-state index in [1.54, 1.807) is 6.07 Å². The highest BCUT2D eigenvalue weighted by atomic mass is 19.4. The molecule has 3 aromatic rings. The van der Waals surface area contributed by atoms with Gasteiger partial charge in [0.2, 0.25) is 0 Å². The quantitative estimate of drug-likeness (QED) is 0.558. The lowest BCUT2D eigenvalue weighted by Crippen LogP contribution is -2.05. The van der Waals surface area contributed by atoms with Crippen LogP contribution >= 0.6 is 0 Å². The Morgan fingerprint density at radius 3 is 2.24 bits per heavy atom. The van der Waals surface area contributed by atoms with Gasteiger partial charge in [0.15, 0.2) is 0 Å². The Morgan fingerprint density at radius 2 is 1.56 bits per heavy atom. The molecule has 3 rings (SSSR count). The number of hydrogen-bond acceptors (Lipinski definition) is 1. The highest BCUT2D eigenvalue weighted by Crippen LogP contribution is 2.34. The molecule has 0 amide bonds. The maximum Gasteiger partial charge on any atom is 0.416 e. The van der Waals surface area contributed by atoms with Gasteiger partial charge >= 0.3 is 6.18 Å². The maximum absolute atomic E-state index is 12.9. The first kappa shape index (κ1) is 17.1. The van der Waals surface area contributed by atoms with Crippen molar-refractivity contribution in [3.63, 3.8) is 0 Å². The third-order valence-electron chi connectivity index (χ3n) is 4.07. The summed E-state index contributed by atoms with van der Waals surface area (Å²) in [5.41, 5.74) is 3.72. The summed E-state index contributed by atoms with van der Waals surface area (Å²) in [5.74, 6) is 0. The summed E-state index contributed by atoms with van der Waals surface area (Å²) in [5, 5.41) is 3.11. The molecule has 0 atom stereocenters. The van der Waals surface area contributed by atoms with Gasteiger partial charge < -0.3 is 5.32 Å². The fourth-order valence-electron chi connectivity index (χ4n) is 2.69. The number of halogens is 3. The monoisotopic (exact) mass is 341 g/mol. The van der Waals surface area contributed by atoms with E-state index < -0.39 is 11.7 Å². The second kappa shape index (κ2) is 7.01. The molecule has 0 saturated carbocycles. The molecule has 25 heavy (non-hydrogen) atoms. The van der Waals surface area contributed by atoms with Crippen LogP contribution in [0.2, 0.25) is 0 Å².